The standard InChI is InChI=1S/C29H29ClN2O3S/c1-6-34-26-14-21(7-10-25(26)35-16-23-18(3)11-17(2)12-19(23)4)15-27-28(33)32-29(36-27)31-24-9-8-22(30)13-20(24)5/h7-15H,6,16H2,1-5H3,(H,31,32,33)/b27-15-. The van der Waals surface area contributed by atoms with Gasteiger partial charge in [-0.15, -0.1) is 0 Å². The molecule has 1 aliphatic heterocycles. The Kier molecular flexibility index (Phi) is 8.07. The Balaban J connectivity index is 1.53. The molecule has 0 unspecified atom stereocenters. The second kappa shape index (κ2) is 11.2. The largest absolute Gasteiger partial charge is 0.490 e. The van der Waals surface area contributed by atoms with Crippen LogP contribution in [0.5, 0.6) is 11.5 Å². The second-order valence-corrected chi connectivity index (χ2v) is 10.2. The van der Waals surface area contributed by atoms with Crippen LogP contribution >= 0.6 is 23.4 Å². The highest BCUT2D eigenvalue weighted by Crippen LogP contribution is 2.34. The molecule has 0 radical (unpaired) electrons. The van der Waals surface area contributed by atoms with Gasteiger partial charge in [0, 0.05) is 5.02 Å². The van der Waals surface area contributed by atoms with Crippen molar-refractivity contribution in [2.24, 2.45) is 4.99 Å². The molecule has 0 atom stereocenters. The van der Waals surface area contributed by atoms with Crippen molar-refractivity contribution in [3.63, 3.8) is 0 Å². The van der Waals surface area contributed by atoms with Crippen LogP contribution in [0.2, 0.25) is 5.02 Å². The van der Waals surface area contributed by atoms with E-state index in [2.05, 4.69) is 43.2 Å². The van der Waals surface area contributed by atoms with Crippen LogP contribution in [-0.4, -0.2) is 17.7 Å². The van der Waals surface area contributed by atoms with Gasteiger partial charge in [-0.05, 0) is 111 Å². The summed E-state index contributed by atoms with van der Waals surface area (Å²) in [6.45, 7) is 11.1. The SMILES string of the molecule is CCOc1cc(/C=C2\SC(=Nc3ccc(Cl)cc3C)NC2=O)ccc1OCc1c(C)cc(C)cc1C. The number of carbonyl (C=O) groups is 1. The number of nitrogens with zero attached hydrogens (tertiary/aromatic N) is 1. The minimum absolute atomic E-state index is 0.186. The van der Waals surface area contributed by atoms with Gasteiger partial charge in [0.25, 0.3) is 5.91 Å². The number of amidine groups is 1. The maximum Gasteiger partial charge on any atom is 0.264 e. The van der Waals surface area contributed by atoms with Gasteiger partial charge in [0.2, 0.25) is 0 Å². The first-order valence-electron chi connectivity index (χ1n) is 11.8. The van der Waals surface area contributed by atoms with E-state index >= 15 is 0 Å². The minimum Gasteiger partial charge on any atom is -0.490 e. The first-order chi connectivity index (χ1) is 17.2. The Hall–Kier alpha value is -3.22. The van der Waals surface area contributed by atoms with Gasteiger partial charge in [-0.3, -0.25) is 4.79 Å². The number of amides is 1. The molecule has 0 spiro atoms. The van der Waals surface area contributed by atoms with E-state index in [1.54, 1.807) is 6.07 Å². The number of thioether (sulfide) groups is 1. The predicted octanol–water partition coefficient (Wildman–Crippen LogP) is 7.44. The van der Waals surface area contributed by atoms with Crippen molar-refractivity contribution in [1.29, 1.82) is 0 Å². The molecule has 0 aromatic heterocycles. The molecule has 5 nitrogen and oxygen atoms in total. The molecular formula is C29H29ClN2O3S. The molecule has 36 heavy (non-hydrogen) atoms. The molecule has 0 saturated carbocycles. The minimum atomic E-state index is -0.186. The fourth-order valence-electron chi connectivity index (χ4n) is 4.08. The fourth-order valence-corrected chi connectivity index (χ4v) is 5.14. The quantitative estimate of drug-likeness (QED) is 0.329. The van der Waals surface area contributed by atoms with Crippen LogP contribution < -0.4 is 14.8 Å². The van der Waals surface area contributed by atoms with Gasteiger partial charge in [0.15, 0.2) is 16.7 Å². The predicted molar refractivity (Wildman–Crippen MR) is 150 cm³/mol. The molecular weight excluding hydrogens is 492 g/mol. The van der Waals surface area contributed by atoms with Gasteiger partial charge in [-0.2, -0.15) is 0 Å². The van der Waals surface area contributed by atoms with Crippen molar-refractivity contribution in [2.75, 3.05) is 6.61 Å². The zero-order valence-electron chi connectivity index (χ0n) is 21.1. The third kappa shape index (κ3) is 6.12. The summed E-state index contributed by atoms with van der Waals surface area (Å²) < 4.78 is 12.0. The summed E-state index contributed by atoms with van der Waals surface area (Å²) in [7, 11) is 0. The zero-order valence-corrected chi connectivity index (χ0v) is 22.6. The van der Waals surface area contributed by atoms with Crippen molar-refractivity contribution >= 4 is 46.2 Å². The third-order valence-corrected chi connectivity index (χ3v) is 6.95. The van der Waals surface area contributed by atoms with Crippen LogP contribution in [0.25, 0.3) is 6.08 Å². The normalized spacial score (nSPS) is 15.4. The summed E-state index contributed by atoms with van der Waals surface area (Å²) in [4.78, 5) is 17.7. The fraction of sp³-hybridized carbons (Fsp3) is 0.241. The third-order valence-electron chi connectivity index (χ3n) is 5.81. The maximum absolute atomic E-state index is 12.6. The number of carbonyl (C=O) groups excluding carboxylic acids is 1. The Morgan fingerprint density at radius 2 is 1.69 bits per heavy atom. The summed E-state index contributed by atoms with van der Waals surface area (Å²) in [5.41, 5.74) is 7.39. The molecule has 0 aliphatic carbocycles. The number of aliphatic imine (C=N–C) groups is 1. The zero-order chi connectivity index (χ0) is 25.8. The monoisotopic (exact) mass is 520 g/mol. The highest BCUT2D eigenvalue weighted by atomic mass is 35.5. The van der Waals surface area contributed by atoms with Crippen LogP contribution in [0, 0.1) is 27.7 Å². The van der Waals surface area contributed by atoms with Crippen LogP contribution in [0.15, 0.2) is 58.4 Å². The summed E-state index contributed by atoms with van der Waals surface area (Å²) in [6, 6.07) is 15.5. The van der Waals surface area contributed by atoms with E-state index < -0.39 is 0 Å². The molecule has 1 heterocycles. The Morgan fingerprint density at radius 3 is 2.39 bits per heavy atom. The smallest absolute Gasteiger partial charge is 0.264 e. The van der Waals surface area contributed by atoms with Crippen molar-refractivity contribution in [1.82, 2.24) is 5.32 Å². The number of aryl methyl sites for hydroxylation is 4. The number of halogens is 1. The van der Waals surface area contributed by atoms with Crippen LogP contribution in [0.1, 0.15) is 40.3 Å². The molecule has 3 aromatic rings. The molecule has 7 heteroatoms. The number of hydrogen-bond donors (Lipinski definition) is 1. The van der Waals surface area contributed by atoms with E-state index in [1.165, 1.54) is 34.0 Å². The number of ether oxygens (including phenoxy) is 2. The van der Waals surface area contributed by atoms with Gasteiger partial charge in [0.1, 0.15) is 6.61 Å². The van der Waals surface area contributed by atoms with E-state index in [-0.39, 0.29) is 5.91 Å². The van der Waals surface area contributed by atoms with Crippen molar-refractivity contribution < 1.29 is 14.3 Å². The summed E-state index contributed by atoms with van der Waals surface area (Å²) in [5, 5.41) is 4.02. The lowest BCUT2D eigenvalue weighted by molar-refractivity contribution is -0.115. The summed E-state index contributed by atoms with van der Waals surface area (Å²) in [5.74, 6) is 1.12. The first kappa shape index (κ1) is 25.9. The maximum atomic E-state index is 12.6. The molecule has 3 aromatic carbocycles. The van der Waals surface area contributed by atoms with Crippen molar-refractivity contribution in [3.05, 3.63) is 91.8 Å². The Labute approximate surface area is 221 Å². The van der Waals surface area contributed by atoms with Crippen molar-refractivity contribution in [3.8, 4) is 11.5 Å². The molecule has 186 valence electrons. The van der Waals surface area contributed by atoms with E-state index in [0.29, 0.717) is 39.8 Å². The molecule has 1 fully saturated rings. The topological polar surface area (TPSA) is 59.9 Å². The Bertz CT molecular complexity index is 1360. The summed E-state index contributed by atoms with van der Waals surface area (Å²) >= 11 is 7.34. The number of benzene rings is 3. The molecule has 1 saturated heterocycles. The van der Waals surface area contributed by atoms with Gasteiger partial charge in [-0.1, -0.05) is 35.4 Å². The Morgan fingerprint density at radius 1 is 0.944 bits per heavy atom. The molecule has 1 aliphatic rings. The van der Waals surface area contributed by atoms with Gasteiger partial charge < -0.3 is 14.8 Å². The lowest BCUT2D eigenvalue weighted by atomic mass is 10.0. The number of nitrogens with one attached hydrogen (secondary N) is 1. The van der Waals surface area contributed by atoms with E-state index in [0.717, 1.165) is 16.8 Å². The molecule has 1 N–H and O–H groups in total. The van der Waals surface area contributed by atoms with Crippen LogP contribution in [0.4, 0.5) is 5.69 Å². The van der Waals surface area contributed by atoms with E-state index in [9.17, 15) is 4.79 Å². The second-order valence-electron chi connectivity index (χ2n) is 8.72. The molecule has 0 bridgehead atoms. The molecule has 1 amide bonds. The summed E-state index contributed by atoms with van der Waals surface area (Å²) in [6.07, 6.45) is 1.83. The van der Waals surface area contributed by atoms with E-state index in [4.69, 9.17) is 21.1 Å². The van der Waals surface area contributed by atoms with Gasteiger partial charge in [0.05, 0.1) is 17.2 Å². The lowest BCUT2D eigenvalue weighted by Crippen LogP contribution is -2.19. The molecule has 4 rings (SSSR count). The number of hydrogen-bond acceptors (Lipinski definition) is 5. The van der Waals surface area contributed by atoms with Crippen LogP contribution in [-0.2, 0) is 11.4 Å². The average Bonchev–Trinajstić information content (AvgIpc) is 3.15. The van der Waals surface area contributed by atoms with Gasteiger partial charge >= 0.3 is 0 Å². The van der Waals surface area contributed by atoms with Crippen LogP contribution in [0.3, 0.4) is 0 Å². The first-order valence-corrected chi connectivity index (χ1v) is 12.9. The van der Waals surface area contributed by atoms with Crippen molar-refractivity contribution in [2.45, 2.75) is 41.2 Å². The number of rotatable bonds is 7. The average molecular weight is 521 g/mol. The van der Waals surface area contributed by atoms with E-state index in [1.807, 2.05) is 50.3 Å². The highest BCUT2D eigenvalue weighted by molar-refractivity contribution is 8.18. The highest BCUT2D eigenvalue weighted by Gasteiger charge is 2.24. The van der Waals surface area contributed by atoms with Gasteiger partial charge in [-0.25, -0.2) is 4.99 Å². The lowest BCUT2D eigenvalue weighted by Gasteiger charge is -2.15.